The van der Waals surface area contributed by atoms with Crippen molar-refractivity contribution in [2.75, 3.05) is 0 Å². The number of hydrogen-bond acceptors (Lipinski definition) is 3. The first kappa shape index (κ1) is 19.9. The van der Waals surface area contributed by atoms with Gasteiger partial charge in [-0.15, -0.1) is 0 Å². The summed E-state index contributed by atoms with van der Waals surface area (Å²) in [5, 5.41) is 0. The molecule has 0 N–H and O–H groups in total. The van der Waals surface area contributed by atoms with Gasteiger partial charge < -0.3 is 4.42 Å². The number of furan rings is 1. The fourth-order valence-corrected chi connectivity index (χ4v) is 5.21. The van der Waals surface area contributed by atoms with Gasteiger partial charge in [0, 0.05) is 0 Å². The van der Waals surface area contributed by atoms with Gasteiger partial charge in [-0.2, -0.15) is 0 Å². The number of hydrogen-bond donors (Lipinski definition) is 0. The van der Waals surface area contributed by atoms with E-state index in [2.05, 4.69) is 94.9 Å². The predicted molar refractivity (Wildman–Crippen MR) is 143 cm³/mol. The van der Waals surface area contributed by atoms with Gasteiger partial charge in [-0.3, -0.25) is 9.98 Å². The summed E-state index contributed by atoms with van der Waals surface area (Å²) in [5.74, 6) is 1.42. The average molecular weight is 451 g/mol. The zero-order chi connectivity index (χ0) is 23.2. The molecule has 0 fully saturated rings. The molecule has 166 valence electrons. The van der Waals surface area contributed by atoms with Crippen LogP contribution in [0.2, 0.25) is 0 Å². The second-order valence-corrected chi connectivity index (χ2v) is 9.11. The molecule has 1 heterocycles. The fraction of sp³-hybridized carbons (Fsp3) is 0.0625. The van der Waals surface area contributed by atoms with E-state index in [1.54, 1.807) is 12.4 Å². The van der Waals surface area contributed by atoms with E-state index >= 15 is 0 Å². The maximum atomic E-state index is 5.92. The Kier molecular flexibility index (Phi) is 4.59. The first-order valence-corrected chi connectivity index (χ1v) is 11.9. The highest BCUT2D eigenvalue weighted by Gasteiger charge is 2.18. The molecule has 5 aromatic rings. The van der Waals surface area contributed by atoms with Crippen LogP contribution in [0.3, 0.4) is 0 Å². The van der Waals surface area contributed by atoms with E-state index < -0.39 is 0 Å². The third-order valence-electron chi connectivity index (χ3n) is 6.88. The van der Waals surface area contributed by atoms with Crippen LogP contribution in [0.25, 0.3) is 22.3 Å². The van der Waals surface area contributed by atoms with E-state index in [9.17, 15) is 0 Å². The first-order chi connectivity index (χ1) is 17.3. The normalized spacial score (nSPS) is 13.3. The summed E-state index contributed by atoms with van der Waals surface area (Å²) in [4.78, 5) is 9.29. The summed E-state index contributed by atoms with van der Waals surface area (Å²) in [6.07, 6.45) is 5.47. The quantitative estimate of drug-likeness (QED) is 0.251. The molecule has 0 unspecified atom stereocenters. The zero-order valence-electron chi connectivity index (χ0n) is 19.1. The van der Waals surface area contributed by atoms with Gasteiger partial charge in [0.25, 0.3) is 0 Å². The van der Waals surface area contributed by atoms with Crippen LogP contribution in [0, 0.1) is 0 Å². The lowest BCUT2D eigenvalue weighted by molar-refractivity contribution is 0.553. The topological polar surface area (TPSA) is 37.9 Å². The third kappa shape index (κ3) is 3.62. The standard InChI is InChI=1S/C32H22N2O/c1-3-7-29-21(5-1)15-23-17-25(9-13-31(23)29)33-19-27-11-12-28(35-27)20-34-26-10-14-32-24(18-26)16-22-6-2-4-8-30(22)32/h1-14,17-20H,15-16H2. The summed E-state index contributed by atoms with van der Waals surface area (Å²) in [6, 6.07) is 33.8. The van der Waals surface area contributed by atoms with Crippen LogP contribution in [0.15, 0.2) is 111 Å². The molecule has 0 aliphatic heterocycles. The van der Waals surface area contributed by atoms with Crippen LogP contribution < -0.4 is 0 Å². The highest BCUT2D eigenvalue weighted by atomic mass is 16.3. The van der Waals surface area contributed by atoms with Crippen molar-refractivity contribution in [3.8, 4) is 22.3 Å². The third-order valence-corrected chi connectivity index (χ3v) is 6.88. The second kappa shape index (κ2) is 8.07. The lowest BCUT2D eigenvalue weighted by Crippen LogP contribution is -1.81. The molecule has 0 radical (unpaired) electrons. The molecule has 0 atom stereocenters. The summed E-state index contributed by atoms with van der Waals surface area (Å²) in [7, 11) is 0. The van der Waals surface area contributed by atoms with Gasteiger partial charge in [0.15, 0.2) is 0 Å². The fourth-order valence-electron chi connectivity index (χ4n) is 5.21. The molecule has 4 aromatic carbocycles. The van der Waals surface area contributed by atoms with Gasteiger partial charge in [-0.05, 0) is 93.7 Å². The summed E-state index contributed by atoms with van der Waals surface area (Å²) in [5.41, 5.74) is 12.6. The van der Waals surface area contributed by atoms with Crippen molar-refractivity contribution in [3.05, 3.63) is 131 Å². The molecule has 0 spiro atoms. The van der Waals surface area contributed by atoms with Crippen LogP contribution >= 0.6 is 0 Å². The Morgan fingerprint density at radius 1 is 0.486 bits per heavy atom. The van der Waals surface area contributed by atoms with Crippen LogP contribution in [-0.4, -0.2) is 12.4 Å². The van der Waals surface area contributed by atoms with Gasteiger partial charge in [0.1, 0.15) is 11.5 Å². The van der Waals surface area contributed by atoms with Crippen LogP contribution in [0.5, 0.6) is 0 Å². The molecule has 3 nitrogen and oxygen atoms in total. The van der Waals surface area contributed by atoms with Gasteiger partial charge in [-0.1, -0.05) is 60.7 Å². The van der Waals surface area contributed by atoms with Gasteiger partial charge in [-0.25, -0.2) is 0 Å². The number of nitrogens with zero attached hydrogens (tertiary/aromatic N) is 2. The molecule has 0 amide bonds. The summed E-state index contributed by atoms with van der Waals surface area (Å²) in [6.45, 7) is 0. The summed E-state index contributed by atoms with van der Waals surface area (Å²) < 4.78 is 5.92. The second-order valence-electron chi connectivity index (χ2n) is 9.11. The van der Waals surface area contributed by atoms with Crippen molar-refractivity contribution in [2.45, 2.75) is 12.8 Å². The maximum Gasteiger partial charge on any atom is 0.145 e. The molecular formula is C32H22N2O. The molecule has 0 saturated carbocycles. The van der Waals surface area contributed by atoms with E-state index in [0.29, 0.717) is 11.5 Å². The highest BCUT2D eigenvalue weighted by molar-refractivity contribution is 5.85. The van der Waals surface area contributed by atoms with Crippen molar-refractivity contribution < 1.29 is 4.42 Å². The van der Waals surface area contributed by atoms with Crippen molar-refractivity contribution >= 4 is 23.8 Å². The SMILES string of the molecule is C(=Nc1ccc2c(c1)Cc1ccccc1-2)c1ccc(C=Nc2ccc3c(c2)Cc2ccccc2-3)o1. The van der Waals surface area contributed by atoms with E-state index in [4.69, 9.17) is 4.42 Å². The average Bonchev–Trinajstić information content (AvgIpc) is 3.60. The first-order valence-electron chi connectivity index (χ1n) is 11.9. The number of benzene rings is 4. The molecular weight excluding hydrogens is 428 g/mol. The Balaban J connectivity index is 1.06. The molecule has 0 saturated heterocycles. The van der Waals surface area contributed by atoms with E-state index in [0.717, 1.165) is 24.2 Å². The molecule has 2 aliphatic carbocycles. The van der Waals surface area contributed by atoms with Crippen LogP contribution in [-0.2, 0) is 12.8 Å². The largest absolute Gasteiger partial charge is 0.454 e. The zero-order valence-corrected chi connectivity index (χ0v) is 19.1. The Hall–Kier alpha value is -4.50. The van der Waals surface area contributed by atoms with Gasteiger partial charge >= 0.3 is 0 Å². The van der Waals surface area contributed by atoms with Crippen molar-refractivity contribution in [1.29, 1.82) is 0 Å². The Bertz CT molecular complexity index is 1530. The van der Waals surface area contributed by atoms with Crippen molar-refractivity contribution in [2.24, 2.45) is 9.98 Å². The Labute approximate surface area is 204 Å². The minimum Gasteiger partial charge on any atom is -0.454 e. The smallest absolute Gasteiger partial charge is 0.145 e. The number of fused-ring (bicyclic) bond motifs is 6. The minimum atomic E-state index is 0.708. The molecule has 3 heteroatoms. The van der Waals surface area contributed by atoms with Crippen LogP contribution in [0.4, 0.5) is 11.4 Å². The lowest BCUT2D eigenvalue weighted by atomic mass is 10.1. The minimum absolute atomic E-state index is 0.708. The Morgan fingerprint density at radius 3 is 1.46 bits per heavy atom. The molecule has 35 heavy (non-hydrogen) atoms. The predicted octanol–water partition coefficient (Wildman–Crippen LogP) is 7.92. The lowest BCUT2D eigenvalue weighted by Gasteiger charge is -2.01. The number of aliphatic imine (C=N–C) groups is 2. The maximum absolute atomic E-state index is 5.92. The monoisotopic (exact) mass is 450 g/mol. The van der Waals surface area contributed by atoms with Crippen LogP contribution in [0.1, 0.15) is 33.8 Å². The van der Waals surface area contributed by atoms with E-state index in [-0.39, 0.29) is 0 Å². The summed E-state index contributed by atoms with van der Waals surface area (Å²) >= 11 is 0. The molecule has 7 rings (SSSR count). The van der Waals surface area contributed by atoms with E-state index in [1.807, 2.05) is 12.1 Å². The van der Waals surface area contributed by atoms with Crippen molar-refractivity contribution in [1.82, 2.24) is 0 Å². The molecule has 2 aliphatic rings. The Morgan fingerprint density at radius 2 is 0.943 bits per heavy atom. The van der Waals surface area contributed by atoms with Crippen molar-refractivity contribution in [3.63, 3.8) is 0 Å². The highest BCUT2D eigenvalue weighted by Crippen LogP contribution is 2.39. The molecule has 1 aromatic heterocycles. The van der Waals surface area contributed by atoms with E-state index in [1.165, 1.54) is 44.5 Å². The molecule has 0 bridgehead atoms. The van der Waals surface area contributed by atoms with Gasteiger partial charge in [0.2, 0.25) is 0 Å². The number of rotatable bonds is 4. The van der Waals surface area contributed by atoms with Gasteiger partial charge in [0.05, 0.1) is 23.8 Å².